The molecule has 1 saturated heterocycles. The Morgan fingerprint density at radius 1 is 1.40 bits per heavy atom. The number of benzene rings is 1. The lowest BCUT2D eigenvalue weighted by atomic mass is 10.1. The molecule has 1 aromatic heterocycles. The Kier molecular flexibility index (Phi) is 3.59. The average Bonchev–Trinajstić information content (AvgIpc) is 2.40. The molecular weight excluding hydrogens is 252 g/mol. The number of aromatic amines is 1. The van der Waals surface area contributed by atoms with Gasteiger partial charge in [0, 0.05) is 24.2 Å². The molecule has 4 nitrogen and oxygen atoms in total. The molecule has 0 radical (unpaired) electrons. The Bertz CT molecular complexity index is 678. The Morgan fingerprint density at radius 3 is 3.05 bits per heavy atom. The topological polar surface area (TPSA) is 56.3 Å². The van der Waals surface area contributed by atoms with Gasteiger partial charge in [0.05, 0.1) is 6.10 Å². The van der Waals surface area contributed by atoms with E-state index in [1.54, 1.807) is 0 Å². The van der Waals surface area contributed by atoms with Crippen LogP contribution >= 0.6 is 0 Å². The summed E-state index contributed by atoms with van der Waals surface area (Å²) in [5.41, 5.74) is 2.77. The van der Waals surface area contributed by atoms with Gasteiger partial charge in [-0.05, 0) is 49.4 Å². The van der Waals surface area contributed by atoms with Gasteiger partial charge in [-0.25, -0.2) is 0 Å². The third-order valence-corrected chi connectivity index (χ3v) is 3.95. The van der Waals surface area contributed by atoms with Gasteiger partial charge in [0.2, 0.25) is 0 Å². The van der Waals surface area contributed by atoms with Crippen molar-refractivity contribution in [1.29, 1.82) is 0 Å². The van der Waals surface area contributed by atoms with Gasteiger partial charge in [0.15, 0.2) is 0 Å². The third-order valence-electron chi connectivity index (χ3n) is 3.95. The molecule has 3 rings (SSSR count). The molecule has 2 N–H and O–H groups in total. The van der Waals surface area contributed by atoms with Gasteiger partial charge in [0.1, 0.15) is 0 Å². The van der Waals surface area contributed by atoms with Gasteiger partial charge < -0.3 is 10.1 Å². The maximum absolute atomic E-state index is 12.2. The number of nitrogens with zero attached hydrogens (tertiary/aromatic N) is 1. The molecule has 1 aromatic carbocycles. The first-order chi connectivity index (χ1) is 9.61. The molecule has 0 aliphatic carbocycles. The maximum Gasteiger partial charge on any atom is 0.252 e. The van der Waals surface area contributed by atoms with Crippen LogP contribution in [0.2, 0.25) is 0 Å². The number of aliphatic hydroxyl groups is 1. The van der Waals surface area contributed by atoms with E-state index in [0.29, 0.717) is 13.1 Å². The van der Waals surface area contributed by atoms with Crippen molar-refractivity contribution >= 4 is 10.9 Å². The minimum Gasteiger partial charge on any atom is -0.392 e. The number of β-amino-alcohol motifs (C(OH)–C–C–N with tert-alkyl or cyclic N) is 1. The molecule has 2 heterocycles. The van der Waals surface area contributed by atoms with E-state index >= 15 is 0 Å². The zero-order valence-electron chi connectivity index (χ0n) is 11.7. The summed E-state index contributed by atoms with van der Waals surface area (Å²) in [7, 11) is 0. The second-order valence-corrected chi connectivity index (χ2v) is 5.75. The first kappa shape index (κ1) is 13.3. The van der Waals surface area contributed by atoms with Gasteiger partial charge in [-0.2, -0.15) is 0 Å². The minimum absolute atomic E-state index is 0.0248. The van der Waals surface area contributed by atoms with Crippen molar-refractivity contribution in [3.8, 4) is 0 Å². The monoisotopic (exact) mass is 272 g/mol. The van der Waals surface area contributed by atoms with E-state index in [2.05, 4.69) is 16.0 Å². The molecule has 20 heavy (non-hydrogen) atoms. The van der Waals surface area contributed by atoms with Crippen LogP contribution in [0.4, 0.5) is 0 Å². The number of pyridine rings is 1. The summed E-state index contributed by atoms with van der Waals surface area (Å²) in [5, 5.41) is 10.8. The summed E-state index contributed by atoms with van der Waals surface area (Å²) in [6.45, 7) is 4.23. The number of likely N-dealkylation sites (tertiary alicyclic amines) is 1. The zero-order valence-corrected chi connectivity index (χ0v) is 11.7. The summed E-state index contributed by atoms with van der Waals surface area (Å²) >= 11 is 0. The van der Waals surface area contributed by atoms with Crippen molar-refractivity contribution in [2.75, 3.05) is 13.1 Å². The van der Waals surface area contributed by atoms with Crippen LogP contribution < -0.4 is 5.56 Å². The van der Waals surface area contributed by atoms with Crippen LogP contribution in [-0.4, -0.2) is 34.2 Å². The number of rotatable bonds is 2. The van der Waals surface area contributed by atoms with Crippen LogP contribution in [0.3, 0.4) is 0 Å². The SMILES string of the molecule is Cc1ccc2cc(CN3CCC[C@H](O)C3)c(=O)[nH]c2c1. The van der Waals surface area contributed by atoms with Crippen molar-refractivity contribution < 1.29 is 5.11 Å². The highest BCUT2D eigenvalue weighted by molar-refractivity contribution is 5.79. The molecule has 0 spiro atoms. The van der Waals surface area contributed by atoms with Crippen molar-refractivity contribution in [2.45, 2.75) is 32.4 Å². The molecule has 1 aliphatic rings. The second-order valence-electron chi connectivity index (χ2n) is 5.75. The Balaban J connectivity index is 1.89. The molecule has 1 atom stereocenters. The molecular formula is C16H20N2O2. The molecule has 106 valence electrons. The smallest absolute Gasteiger partial charge is 0.252 e. The fourth-order valence-electron chi connectivity index (χ4n) is 2.89. The number of aliphatic hydroxyl groups excluding tert-OH is 1. The third kappa shape index (κ3) is 2.76. The number of aryl methyl sites for hydroxylation is 1. The second kappa shape index (κ2) is 5.38. The van der Waals surface area contributed by atoms with Crippen molar-refractivity contribution in [3.63, 3.8) is 0 Å². The number of H-pyrrole nitrogens is 1. The summed E-state index contributed by atoms with van der Waals surface area (Å²) < 4.78 is 0. The van der Waals surface area contributed by atoms with Gasteiger partial charge in [-0.15, -0.1) is 0 Å². The summed E-state index contributed by atoms with van der Waals surface area (Å²) in [4.78, 5) is 17.3. The lowest BCUT2D eigenvalue weighted by molar-refractivity contribution is 0.0666. The van der Waals surface area contributed by atoms with E-state index in [9.17, 15) is 9.90 Å². The first-order valence-electron chi connectivity index (χ1n) is 7.15. The van der Waals surface area contributed by atoms with Crippen LogP contribution in [0.1, 0.15) is 24.0 Å². The van der Waals surface area contributed by atoms with E-state index in [0.717, 1.165) is 41.4 Å². The summed E-state index contributed by atoms with van der Waals surface area (Å²) in [5.74, 6) is 0. The van der Waals surface area contributed by atoms with Crippen LogP contribution in [0.25, 0.3) is 10.9 Å². The number of hydrogen-bond donors (Lipinski definition) is 2. The van der Waals surface area contributed by atoms with Gasteiger partial charge in [0.25, 0.3) is 5.56 Å². The van der Waals surface area contributed by atoms with Crippen LogP contribution in [0.5, 0.6) is 0 Å². The average molecular weight is 272 g/mol. The van der Waals surface area contributed by atoms with E-state index in [1.165, 1.54) is 0 Å². The van der Waals surface area contributed by atoms with Crippen molar-refractivity contribution in [2.24, 2.45) is 0 Å². The highest BCUT2D eigenvalue weighted by atomic mass is 16.3. The Morgan fingerprint density at radius 2 is 2.25 bits per heavy atom. The van der Waals surface area contributed by atoms with Crippen LogP contribution in [0.15, 0.2) is 29.1 Å². The highest BCUT2D eigenvalue weighted by Crippen LogP contribution is 2.16. The zero-order chi connectivity index (χ0) is 14.1. The summed E-state index contributed by atoms with van der Waals surface area (Å²) in [6.07, 6.45) is 1.60. The maximum atomic E-state index is 12.2. The Hall–Kier alpha value is -1.65. The van der Waals surface area contributed by atoms with E-state index in [1.807, 2.05) is 25.1 Å². The molecule has 0 amide bonds. The molecule has 0 unspecified atom stereocenters. The fraction of sp³-hybridized carbons (Fsp3) is 0.438. The quantitative estimate of drug-likeness (QED) is 0.876. The lowest BCUT2D eigenvalue weighted by Crippen LogP contribution is -2.38. The first-order valence-corrected chi connectivity index (χ1v) is 7.15. The van der Waals surface area contributed by atoms with Crippen molar-refractivity contribution in [1.82, 2.24) is 9.88 Å². The summed E-state index contributed by atoms with van der Waals surface area (Å²) in [6, 6.07) is 8.05. The van der Waals surface area contributed by atoms with Gasteiger partial charge in [-0.1, -0.05) is 12.1 Å². The standard InChI is InChI=1S/C16H20N2O2/c1-11-4-5-12-8-13(16(20)17-15(12)7-11)9-18-6-2-3-14(19)10-18/h4-5,7-8,14,19H,2-3,6,9-10H2,1H3,(H,17,20)/t14-/m0/s1. The number of hydrogen-bond acceptors (Lipinski definition) is 3. The molecule has 2 aromatic rings. The van der Waals surface area contributed by atoms with Crippen molar-refractivity contribution in [3.05, 3.63) is 45.7 Å². The molecule has 0 bridgehead atoms. The van der Waals surface area contributed by atoms with E-state index < -0.39 is 0 Å². The fourth-order valence-corrected chi connectivity index (χ4v) is 2.89. The molecule has 1 aliphatic heterocycles. The predicted octanol–water partition coefficient (Wildman–Crippen LogP) is 1.79. The largest absolute Gasteiger partial charge is 0.392 e. The van der Waals surface area contributed by atoms with Crippen LogP contribution in [0, 0.1) is 6.92 Å². The van der Waals surface area contributed by atoms with Gasteiger partial charge in [-0.3, -0.25) is 9.69 Å². The highest BCUT2D eigenvalue weighted by Gasteiger charge is 2.18. The Labute approximate surface area is 118 Å². The minimum atomic E-state index is -0.258. The van der Waals surface area contributed by atoms with E-state index in [-0.39, 0.29) is 11.7 Å². The normalized spacial score (nSPS) is 20.4. The van der Waals surface area contributed by atoms with Crippen LogP contribution in [-0.2, 0) is 6.54 Å². The molecule has 0 saturated carbocycles. The van der Waals surface area contributed by atoms with E-state index in [4.69, 9.17) is 0 Å². The predicted molar refractivity (Wildman–Crippen MR) is 79.8 cm³/mol. The number of aromatic nitrogens is 1. The number of fused-ring (bicyclic) bond motifs is 1. The van der Waals surface area contributed by atoms with Gasteiger partial charge >= 0.3 is 0 Å². The number of piperidine rings is 1. The molecule has 4 heteroatoms. The number of nitrogens with one attached hydrogen (secondary N) is 1. The molecule has 1 fully saturated rings. The lowest BCUT2D eigenvalue weighted by Gasteiger charge is -2.29.